The highest BCUT2D eigenvalue weighted by molar-refractivity contribution is 6.32. The fourth-order valence-electron chi connectivity index (χ4n) is 5.44. The van der Waals surface area contributed by atoms with Gasteiger partial charge in [0.1, 0.15) is 36.3 Å². The van der Waals surface area contributed by atoms with Crippen molar-refractivity contribution in [2.24, 2.45) is 0 Å². The topological polar surface area (TPSA) is 169 Å². The van der Waals surface area contributed by atoms with E-state index in [-0.39, 0.29) is 22.8 Å². The van der Waals surface area contributed by atoms with Gasteiger partial charge in [0.15, 0.2) is 17.8 Å². The van der Waals surface area contributed by atoms with Crippen LogP contribution in [0.5, 0.6) is 23.0 Å². The summed E-state index contributed by atoms with van der Waals surface area (Å²) >= 11 is 6.45. The van der Waals surface area contributed by atoms with Gasteiger partial charge in [-0.3, -0.25) is 0 Å². The monoisotopic (exact) mass is 492 g/mol. The van der Waals surface area contributed by atoms with Gasteiger partial charge in [-0.25, -0.2) is 0 Å². The maximum atomic E-state index is 10.8. The quantitative estimate of drug-likeness (QED) is 0.282. The summed E-state index contributed by atoms with van der Waals surface area (Å²) < 4.78 is 18.1. The molecule has 0 spiro atoms. The number of aliphatic hydroxyl groups is 3. The van der Waals surface area contributed by atoms with Gasteiger partial charge < -0.3 is 50.0 Å². The van der Waals surface area contributed by atoms with Crippen LogP contribution in [0.4, 0.5) is 0 Å². The summed E-state index contributed by atoms with van der Waals surface area (Å²) in [5.74, 6) is -2.00. The number of rotatable bonds is 1. The Bertz CT molecular complexity index is 1240. The fourth-order valence-corrected chi connectivity index (χ4v) is 5.74. The number of aliphatic hydroxyl groups excluding tert-OH is 3. The summed E-state index contributed by atoms with van der Waals surface area (Å²) in [6, 6.07) is 4.17. The minimum absolute atomic E-state index is 0.0932. The van der Waals surface area contributed by atoms with Crippen LogP contribution in [0.15, 0.2) is 23.8 Å². The molecular formula is C23H21ClO10. The molecule has 10 nitrogen and oxygen atoms in total. The molecule has 4 aliphatic rings. The van der Waals surface area contributed by atoms with Crippen LogP contribution in [0.3, 0.4) is 0 Å². The highest BCUT2D eigenvalue weighted by Crippen LogP contribution is 2.59. The van der Waals surface area contributed by atoms with Crippen LogP contribution in [0.25, 0.3) is 5.57 Å². The van der Waals surface area contributed by atoms with Crippen LogP contribution >= 0.6 is 11.6 Å². The first kappa shape index (κ1) is 21.9. The van der Waals surface area contributed by atoms with E-state index in [1.54, 1.807) is 0 Å². The van der Waals surface area contributed by atoms with E-state index in [2.05, 4.69) is 0 Å². The van der Waals surface area contributed by atoms with E-state index < -0.39 is 66.8 Å². The fraction of sp³-hybridized carbons (Fsp3) is 0.391. The molecule has 0 amide bonds. The summed E-state index contributed by atoms with van der Waals surface area (Å²) in [7, 11) is 0. The van der Waals surface area contributed by atoms with Crippen molar-refractivity contribution in [1.82, 2.24) is 0 Å². The third-order valence-electron chi connectivity index (χ3n) is 7.00. The Morgan fingerprint density at radius 1 is 0.912 bits per heavy atom. The van der Waals surface area contributed by atoms with Crippen molar-refractivity contribution in [1.29, 1.82) is 0 Å². The maximum absolute atomic E-state index is 10.8. The molecule has 2 heterocycles. The minimum atomic E-state index is -1.49. The van der Waals surface area contributed by atoms with Crippen molar-refractivity contribution in [2.75, 3.05) is 6.61 Å². The van der Waals surface area contributed by atoms with E-state index in [1.807, 2.05) is 0 Å². The molecule has 0 saturated carbocycles. The summed E-state index contributed by atoms with van der Waals surface area (Å²) in [5, 5.41) is 72.5. The Morgan fingerprint density at radius 3 is 2.41 bits per heavy atom. The highest BCUT2D eigenvalue weighted by atomic mass is 35.5. The molecular weight excluding hydrogens is 472 g/mol. The number of benzene rings is 2. The lowest BCUT2D eigenvalue weighted by molar-refractivity contribution is -0.310. The number of ether oxygens (including phenoxy) is 3. The van der Waals surface area contributed by atoms with E-state index >= 15 is 0 Å². The number of phenols is 4. The lowest BCUT2D eigenvalue weighted by Crippen LogP contribution is -2.60. The van der Waals surface area contributed by atoms with Crippen molar-refractivity contribution in [2.45, 2.75) is 49.3 Å². The summed E-state index contributed by atoms with van der Waals surface area (Å²) in [6.07, 6.45) is -7.99. The lowest BCUT2D eigenvalue weighted by Gasteiger charge is -2.41. The van der Waals surface area contributed by atoms with Gasteiger partial charge in [-0.1, -0.05) is 11.6 Å². The van der Waals surface area contributed by atoms with Gasteiger partial charge >= 0.3 is 0 Å². The third-order valence-corrected chi connectivity index (χ3v) is 7.34. The molecule has 2 saturated heterocycles. The van der Waals surface area contributed by atoms with Crippen LogP contribution < -0.4 is 0 Å². The second kappa shape index (κ2) is 7.46. The van der Waals surface area contributed by atoms with Gasteiger partial charge in [0.05, 0.1) is 12.7 Å². The molecule has 7 N–H and O–H groups in total. The molecule has 2 aromatic rings. The molecule has 2 fully saturated rings. The average molecular weight is 493 g/mol. The van der Waals surface area contributed by atoms with Crippen LogP contribution in [0.2, 0.25) is 5.02 Å². The number of phenolic OH excluding ortho intramolecular Hbond substituents is 4. The molecule has 2 aliphatic carbocycles. The second-order valence-electron chi connectivity index (χ2n) is 8.85. The minimum Gasteiger partial charge on any atom is -0.508 e. The first-order valence-corrected chi connectivity index (χ1v) is 11.1. The Labute approximate surface area is 197 Å². The molecule has 2 aromatic carbocycles. The van der Waals surface area contributed by atoms with Gasteiger partial charge in [-0.2, -0.15) is 0 Å². The highest BCUT2D eigenvalue weighted by Gasteiger charge is 2.54. The predicted octanol–water partition coefficient (Wildman–Crippen LogP) is 0.798. The Kier molecular flexibility index (Phi) is 4.81. The van der Waals surface area contributed by atoms with Crippen molar-refractivity contribution >= 4 is 17.2 Å². The van der Waals surface area contributed by atoms with Gasteiger partial charge in [0.25, 0.3) is 0 Å². The maximum Gasteiger partial charge on any atom is 0.200 e. The molecule has 7 atom stereocenters. The smallest absolute Gasteiger partial charge is 0.200 e. The predicted molar refractivity (Wildman–Crippen MR) is 115 cm³/mol. The average Bonchev–Trinajstić information content (AvgIpc) is 3.02. The van der Waals surface area contributed by atoms with Gasteiger partial charge in [-0.05, 0) is 40.5 Å². The first-order chi connectivity index (χ1) is 16.2. The SMILES string of the molecule is OCC1OC2OC3Cc4c(Cl)cc(O)cc4C4=C3C(OC2C(O)C1O)c1c4cc(O)c(O)c1O. The van der Waals surface area contributed by atoms with E-state index in [0.29, 0.717) is 27.8 Å². The van der Waals surface area contributed by atoms with E-state index in [9.17, 15) is 35.7 Å². The Hall–Kier alpha value is -2.57. The molecule has 34 heavy (non-hydrogen) atoms. The number of aromatic hydroxyl groups is 4. The zero-order valence-electron chi connectivity index (χ0n) is 17.4. The van der Waals surface area contributed by atoms with Crippen LogP contribution in [-0.4, -0.2) is 79.2 Å². The number of halogens is 1. The van der Waals surface area contributed by atoms with Gasteiger partial charge in [0.2, 0.25) is 5.75 Å². The van der Waals surface area contributed by atoms with E-state index in [1.165, 1.54) is 18.2 Å². The Morgan fingerprint density at radius 2 is 1.68 bits per heavy atom. The van der Waals surface area contributed by atoms with E-state index in [4.69, 9.17) is 25.8 Å². The zero-order chi connectivity index (χ0) is 24.0. The first-order valence-electron chi connectivity index (χ1n) is 10.7. The summed E-state index contributed by atoms with van der Waals surface area (Å²) in [5.41, 5.74) is 2.65. The normalized spacial score (nSPS) is 33.6. The summed E-state index contributed by atoms with van der Waals surface area (Å²) in [4.78, 5) is 0. The molecule has 2 aliphatic heterocycles. The van der Waals surface area contributed by atoms with E-state index in [0.717, 1.165) is 0 Å². The third kappa shape index (κ3) is 2.85. The molecule has 0 radical (unpaired) electrons. The lowest BCUT2D eigenvalue weighted by atomic mass is 9.83. The number of hydrogen-bond donors (Lipinski definition) is 7. The van der Waals surface area contributed by atoms with Crippen LogP contribution in [0, 0.1) is 0 Å². The van der Waals surface area contributed by atoms with Crippen LogP contribution in [-0.2, 0) is 20.6 Å². The molecule has 0 bridgehead atoms. The van der Waals surface area contributed by atoms with Crippen molar-refractivity contribution < 1.29 is 50.0 Å². The van der Waals surface area contributed by atoms with Gasteiger partial charge in [-0.15, -0.1) is 0 Å². The van der Waals surface area contributed by atoms with Crippen LogP contribution in [0.1, 0.15) is 28.4 Å². The molecule has 11 heteroatoms. The van der Waals surface area contributed by atoms with Crippen molar-refractivity contribution in [3.05, 3.63) is 51.0 Å². The van der Waals surface area contributed by atoms with Crippen molar-refractivity contribution in [3.8, 4) is 23.0 Å². The zero-order valence-corrected chi connectivity index (χ0v) is 18.2. The molecule has 180 valence electrons. The molecule has 6 rings (SSSR count). The molecule has 7 unspecified atom stereocenters. The second-order valence-corrected chi connectivity index (χ2v) is 9.26. The van der Waals surface area contributed by atoms with Gasteiger partial charge in [0, 0.05) is 22.6 Å². The summed E-state index contributed by atoms with van der Waals surface area (Å²) in [6.45, 7) is -0.558. The number of hydrogen-bond acceptors (Lipinski definition) is 10. The standard InChI is InChI=1S/C23H21ClO10/c24-10-2-6(26)1-8-7(10)4-12-16-14(8)9-3-11(27)17(28)19(30)15(9)21(16)34-22-20(31)18(29)13(5-25)33-23(22)32-12/h1-3,12-13,18,20-23,25-31H,4-5H2. The molecule has 0 aromatic heterocycles. The Balaban J connectivity index is 1.60. The van der Waals surface area contributed by atoms with Crippen molar-refractivity contribution in [3.63, 3.8) is 0 Å². The largest absolute Gasteiger partial charge is 0.508 e. The number of fused-ring (bicyclic) bond motifs is 6.